The van der Waals surface area contributed by atoms with E-state index in [-0.39, 0.29) is 17.8 Å². The molecule has 0 unspecified atom stereocenters. The van der Waals surface area contributed by atoms with Crippen molar-refractivity contribution < 1.29 is 10.0 Å². The molecular weight excluding hydrogens is 256 g/mol. The summed E-state index contributed by atoms with van der Waals surface area (Å²) in [4.78, 5) is 10.5. The molecule has 1 saturated carbocycles. The molecular formula is C12H15ClN2O3. The van der Waals surface area contributed by atoms with E-state index in [9.17, 15) is 15.2 Å². The molecule has 0 radical (unpaired) electrons. The number of para-hydroxylation sites is 1. The summed E-state index contributed by atoms with van der Waals surface area (Å²) in [6.07, 6.45) is 2.78. The van der Waals surface area contributed by atoms with Crippen molar-refractivity contribution in [3.8, 4) is 0 Å². The monoisotopic (exact) mass is 270 g/mol. The molecule has 0 spiro atoms. The van der Waals surface area contributed by atoms with Gasteiger partial charge in [-0.3, -0.25) is 10.1 Å². The zero-order valence-corrected chi connectivity index (χ0v) is 10.6. The predicted octanol–water partition coefficient (Wildman–Crippen LogP) is 2.96. The lowest BCUT2D eigenvalue weighted by atomic mass is 9.93. The summed E-state index contributed by atoms with van der Waals surface area (Å²) in [7, 11) is 0. The van der Waals surface area contributed by atoms with E-state index in [0.717, 1.165) is 25.7 Å². The molecule has 0 aliphatic heterocycles. The lowest BCUT2D eigenvalue weighted by Crippen LogP contribution is -2.28. The summed E-state index contributed by atoms with van der Waals surface area (Å²) in [5.41, 5.74) is 0.374. The molecule has 1 aromatic carbocycles. The molecule has 2 rings (SSSR count). The SMILES string of the molecule is O=[N+]([O-])c1cccc(Cl)c1NC1CCC(O)CC1. The van der Waals surface area contributed by atoms with Crippen LogP contribution in [0, 0.1) is 10.1 Å². The molecule has 0 heterocycles. The van der Waals surface area contributed by atoms with Gasteiger partial charge in [-0.25, -0.2) is 0 Å². The van der Waals surface area contributed by atoms with Crippen LogP contribution in [0.5, 0.6) is 0 Å². The second-order valence-corrected chi connectivity index (χ2v) is 4.95. The van der Waals surface area contributed by atoms with Gasteiger partial charge in [0.25, 0.3) is 5.69 Å². The van der Waals surface area contributed by atoms with Crippen molar-refractivity contribution in [2.45, 2.75) is 37.8 Å². The summed E-state index contributed by atoms with van der Waals surface area (Å²) >= 11 is 6.01. The fraction of sp³-hybridized carbons (Fsp3) is 0.500. The van der Waals surface area contributed by atoms with E-state index in [1.54, 1.807) is 12.1 Å². The number of anilines is 1. The fourth-order valence-electron chi connectivity index (χ4n) is 2.23. The van der Waals surface area contributed by atoms with Gasteiger partial charge in [-0.1, -0.05) is 17.7 Å². The van der Waals surface area contributed by atoms with Gasteiger partial charge in [0.15, 0.2) is 0 Å². The number of aliphatic hydroxyl groups is 1. The zero-order chi connectivity index (χ0) is 13.1. The summed E-state index contributed by atoms with van der Waals surface area (Å²) in [5.74, 6) is 0. The Morgan fingerprint density at radius 1 is 1.33 bits per heavy atom. The lowest BCUT2D eigenvalue weighted by Gasteiger charge is -2.27. The molecule has 0 atom stereocenters. The summed E-state index contributed by atoms with van der Waals surface area (Å²) in [6.45, 7) is 0. The number of rotatable bonds is 3. The minimum absolute atomic E-state index is 0.00591. The molecule has 1 fully saturated rings. The van der Waals surface area contributed by atoms with Gasteiger partial charge in [-0.05, 0) is 31.7 Å². The van der Waals surface area contributed by atoms with Gasteiger partial charge in [-0.2, -0.15) is 0 Å². The second-order valence-electron chi connectivity index (χ2n) is 4.54. The van der Waals surface area contributed by atoms with Crippen molar-refractivity contribution in [1.29, 1.82) is 0 Å². The number of nitrogens with zero attached hydrogens (tertiary/aromatic N) is 1. The maximum atomic E-state index is 10.9. The van der Waals surface area contributed by atoms with Gasteiger partial charge in [-0.15, -0.1) is 0 Å². The van der Waals surface area contributed by atoms with Gasteiger partial charge in [0.1, 0.15) is 5.69 Å². The first-order valence-electron chi connectivity index (χ1n) is 5.95. The number of hydrogen-bond acceptors (Lipinski definition) is 4. The van der Waals surface area contributed by atoms with Crippen LogP contribution >= 0.6 is 11.6 Å². The van der Waals surface area contributed by atoms with Crippen molar-refractivity contribution >= 4 is 23.0 Å². The number of hydrogen-bond donors (Lipinski definition) is 2. The van der Waals surface area contributed by atoms with Gasteiger partial charge >= 0.3 is 0 Å². The highest BCUT2D eigenvalue weighted by Crippen LogP contribution is 2.34. The molecule has 0 amide bonds. The smallest absolute Gasteiger partial charge is 0.293 e. The average Bonchev–Trinajstić information content (AvgIpc) is 2.34. The Morgan fingerprint density at radius 2 is 2.00 bits per heavy atom. The number of nitro benzene ring substituents is 1. The molecule has 5 nitrogen and oxygen atoms in total. The van der Waals surface area contributed by atoms with Crippen molar-refractivity contribution in [3.63, 3.8) is 0 Å². The van der Waals surface area contributed by atoms with E-state index in [0.29, 0.717) is 10.7 Å². The van der Waals surface area contributed by atoms with E-state index in [1.165, 1.54) is 6.07 Å². The van der Waals surface area contributed by atoms with Crippen LogP contribution in [-0.4, -0.2) is 22.2 Å². The second kappa shape index (κ2) is 5.54. The van der Waals surface area contributed by atoms with Crippen molar-refractivity contribution in [2.24, 2.45) is 0 Å². The van der Waals surface area contributed by atoms with Gasteiger partial charge in [0.05, 0.1) is 16.0 Å². The minimum atomic E-state index is -0.439. The average molecular weight is 271 g/mol. The number of halogens is 1. The Hall–Kier alpha value is -1.33. The lowest BCUT2D eigenvalue weighted by molar-refractivity contribution is -0.384. The van der Waals surface area contributed by atoms with E-state index >= 15 is 0 Å². The van der Waals surface area contributed by atoms with Crippen molar-refractivity contribution in [3.05, 3.63) is 33.3 Å². The highest BCUT2D eigenvalue weighted by atomic mass is 35.5. The molecule has 1 aromatic rings. The van der Waals surface area contributed by atoms with Crippen LogP contribution in [0.4, 0.5) is 11.4 Å². The first-order valence-corrected chi connectivity index (χ1v) is 6.33. The number of nitrogens with one attached hydrogen (secondary N) is 1. The molecule has 1 aliphatic carbocycles. The molecule has 2 N–H and O–H groups in total. The van der Waals surface area contributed by atoms with Crippen LogP contribution < -0.4 is 5.32 Å². The van der Waals surface area contributed by atoms with Gasteiger partial charge < -0.3 is 10.4 Å². The summed E-state index contributed by atoms with van der Waals surface area (Å²) in [6, 6.07) is 4.77. The Bertz CT molecular complexity index is 445. The topological polar surface area (TPSA) is 75.4 Å². The maximum absolute atomic E-state index is 10.9. The normalized spacial score (nSPS) is 23.7. The van der Waals surface area contributed by atoms with Crippen LogP contribution in [0.2, 0.25) is 5.02 Å². The molecule has 6 heteroatoms. The van der Waals surface area contributed by atoms with E-state index in [1.807, 2.05) is 0 Å². The van der Waals surface area contributed by atoms with Crippen molar-refractivity contribution in [2.75, 3.05) is 5.32 Å². The molecule has 0 saturated heterocycles. The standard InChI is InChI=1S/C12H15ClN2O3/c13-10-2-1-3-11(15(17)18)12(10)14-8-4-6-9(16)7-5-8/h1-3,8-9,14,16H,4-7H2. The number of benzene rings is 1. The summed E-state index contributed by atoms with van der Waals surface area (Å²) in [5, 5.41) is 23.9. The van der Waals surface area contributed by atoms with Crippen LogP contribution in [0.3, 0.4) is 0 Å². The third-order valence-corrected chi connectivity index (χ3v) is 3.55. The highest BCUT2D eigenvalue weighted by Gasteiger charge is 2.23. The fourth-order valence-corrected chi connectivity index (χ4v) is 2.46. The molecule has 0 aromatic heterocycles. The van der Waals surface area contributed by atoms with Crippen LogP contribution in [-0.2, 0) is 0 Å². The number of aliphatic hydroxyl groups excluding tert-OH is 1. The first-order chi connectivity index (χ1) is 8.58. The van der Waals surface area contributed by atoms with Crippen LogP contribution in [0.1, 0.15) is 25.7 Å². The third kappa shape index (κ3) is 2.91. The zero-order valence-electron chi connectivity index (χ0n) is 9.80. The van der Waals surface area contributed by atoms with E-state index in [4.69, 9.17) is 11.6 Å². The van der Waals surface area contributed by atoms with E-state index < -0.39 is 4.92 Å². The Labute approximate surface area is 110 Å². The van der Waals surface area contributed by atoms with E-state index in [2.05, 4.69) is 5.32 Å². The Balaban J connectivity index is 2.15. The molecule has 18 heavy (non-hydrogen) atoms. The summed E-state index contributed by atoms with van der Waals surface area (Å²) < 4.78 is 0. The first kappa shape index (κ1) is 13.1. The maximum Gasteiger partial charge on any atom is 0.293 e. The van der Waals surface area contributed by atoms with Crippen LogP contribution in [0.25, 0.3) is 0 Å². The van der Waals surface area contributed by atoms with Gasteiger partial charge in [0.2, 0.25) is 0 Å². The van der Waals surface area contributed by atoms with Crippen LogP contribution in [0.15, 0.2) is 18.2 Å². The third-order valence-electron chi connectivity index (χ3n) is 3.23. The predicted molar refractivity (Wildman–Crippen MR) is 70.0 cm³/mol. The largest absolute Gasteiger partial charge is 0.393 e. The minimum Gasteiger partial charge on any atom is -0.393 e. The quantitative estimate of drug-likeness (QED) is 0.654. The number of nitro groups is 1. The Morgan fingerprint density at radius 3 is 2.61 bits per heavy atom. The molecule has 98 valence electrons. The molecule has 1 aliphatic rings. The van der Waals surface area contributed by atoms with Gasteiger partial charge in [0, 0.05) is 12.1 Å². The Kier molecular flexibility index (Phi) is 4.04. The molecule has 0 bridgehead atoms. The van der Waals surface area contributed by atoms with Crippen molar-refractivity contribution in [1.82, 2.24) is 0 Å². The highest BCUT2D eigenvalue weighted by molar-refractivity contribution is 6.33.